The van der Waals surface area contributed by atoms with Crippen LogP contribution in [0.15, 0.2) is 18.2 Å². The average Bonchev–Trinajstić information content (AvgIpc) is 2.83. The molecule has 0 aliphatic heterocycles. The first-order valence-electron chi connectivity index (χ1n) is 8.31. The summed E-state index contributed by atoms with van der Waals surface area (Å²) in [7, 11) is 0. The molecule has 0 saturated heterocycles. The van der Waals surface area contributed by atoms with Gasteiger partial charge in [0.15, 0.2) is 0 Å². The molecule has 1 heterocycles. The third-order valence-corrected chi connectivity index (χ3v) is 6.42. The minimum atomic E-state index is 0.664. The van der Waals surface area contributed by atoms with E-state index in [-0.39, 0.29) is 0 Å². The fourth-order valence-electron chi connectivity index (χ4n) is 5.47. The smallest absolute Gasteiger partial charge is 0.111 e. The molecule has 4 unspecified atom stereocenters. The monoisotopic (exact) mass is 300 g/mol. The Hall–Kier alpha value is -1.02. The molecule has 0 radical (unpaired) electrons. The van der Waals surface area contributed by atoms with Crippen molar-refractivity contribution in [2.24, 2.45) is 23.7 Å². The zero-order valence-corrected chi connectivity index (χ0v) is 13.2. The van der Waals surface area contributed by atoms with Crippen molar-refractivity contribution < 1.29 is 0 Å². The van der Waals surface area contributed by atoms with E-state index in [2.05, 4.69) is 29.7 Å². The molecule has 0 amide bonds. The number of hydrogen-bond acceptors (Lipinski definition) is 1. The summed E-state index contributed by atoms with van der Waals surface area (Å²) in [5, 5.41) is 0. The van der Waals surface area contributed by atoms with Gasteiger partial charge in [0.1, 0.15) is 5.82 Å². The van der Waals surface area contributed by atoms with Crippen LogP contribution in [0.3, 0.4) is 0 Å². The lowest BCUT2D eigenvalue weighted by atomic mass is 10.0. The van der Waals surface area contributed by atoms with Gasteiger partial charge in [-0.2, -0.15) is 0 Å². The molecular formula is C18H21ClN2. The summed E-state index contributed by atoms with van der Waals surface area (Å²) in [4.78, 5) is 4.88. The number of hydrogen-bond donors (Lipinski definition) is 0. The highest BCUT2D eigenvalue weighted by atomic mass is 35.5. The largest absolute Gasteiger partial charge is 0.324 e. The van der Waals surface area contributed by atoms with E-state index in [4.69, 9.17) is 16.6 Å². The highest BCUT2D eigenvalue weighted by Crippen LogP contribution is 2.72. The molecule has 1 aromatic carbocycles. The Morgan fingerprint density at radius 1 is 1.24 bits per heavy atom. The molecule has 2 bridgehead atoms. The van der Waals surface area contributed by atoms with Crippen molar-refractivity contribution in [3.63, 3.8) is 0 Å². The molecule has 110 valence electrons. The average molecular weight is 301 g/mol. The van der Waals surface area contributed by atoms with E-state index in [0.717, 1.165) is 41.7 Å². The Balaban J connectivity index is 1.64. The molecule has 5 rings (SSSR count). The maximum absolute atomic E-state index is 6.03. The van der Waals surface area contributed by atoms with E-state index < -0.39 is 0 Å². The predicted octanol–water partition coefficient (Wildman–Crippen LogP) is 4.34. The van der Waals surface area contributed by atoms with E-state index in [0.29, 0.717) is 5.88 Å². The van der Waals surface area contributed by atoms with Crippen molar-refractivity contribution in [2.45, 2.75) is 38.6 Å². The number of aromatic nitrogens is 2. The van der Waals surface area contributed by atoms with Crippen molar-refractivity contribution in [3.05, 3.63) is 29.6 Å². The number of benzene rings is 1. The maximum Gasteiger partial charge on any atom is 0.111 e. The van der Waals surface area contributed by atoms with Gasteiger partial charge in [-0.15, -0.1) is 11.6 Å². The second-order valence-corrected chi connectivity index (χ2v) is 7.69. The SMILES string of the molecule is Cc1ccc2nc(CCCl)n(C3C4C5CCC(C5)C43)c2c1. The Kier molecular flexibility index (Phi) is 2.54. The number of nitrogens with zero attached hydrogens (tertiary/aromatic N) is 2. The van der Waals surface area contributed by atoms with Crippen molar-refractivity contribution in [2.75, 3.05) is 5.88 Å². The molecule has 3 aliphatic rings. The zero-order chi connectivity index (χ0) is 14.1. The molecule has 1 aromatic heterocycles. The van der Waals surface area contributed by atoms with Crippen molar-refractivity contribution in [1.29, 1.82) is 0 Å². The maximum atomic E-state index is 6.03. The van der Waals surface area contributed by atoms with Crippen LogP contribution in [-0.4, -0.2) is 15.4 Å². The molecule has 0 spiro atoms. The lowest BCUT2D eigenvalue weighted by Crippen LogP contribution is -2.09. The Morgan fingerprint density at radius 3 is 2.71 bits per heavy atom. The van der Waals surface area contributed by atoms with Crippen LogP contribution in [0.25, 0.3) is 11.0 Å². The summed E-state index contributed by atoms with van der Waals surface area (Å²) in [6, 6.07) is 7.38. The molecule has 3 fully saturated rings. The van der Waals surface area contributed by atoms with E-state index in [1.54, 1.807) is 0 Å². The number of fused-ring (bicyclic) bond motifs is 6. The first kappa shape index (κ1) is 12.5. The molecule has 4 atom stereocenters. The summed E-state index contributed by atoms with van der Waals surface area (Å²) in [5.41, 5.74) is 3.82. The minimum Gasteiger partial charge on any atom is -0.324 e. The van der Waals surface area contributed by atoms with Crippen molar-refractivity contribution in [3.8, 4) is 0 Å². The standard InChI is InChI=1S/C18H21ClN2/c1-10-2-5-13-14(8-10)21(15(20-13)6-7-19)18-16-11-3-4-12(9-11)17(16)18/h2,5,8,11-12,16-18H,3-4,6-7,9H2,1H3. The summed E-state index contributed by atoms with van der Waals surface area (Å²) in [6.07, 6.45) is 5.33. The highest BCUT2D eigenvalue weighted by Gasteiger charge is 2.66. The lowest BCUT2D eigenvalue weighted by Gasteiger charge is -2.14. The second-order valence-electron chi connectivity index (χ2n) is 7.31. The van der Waals surface area contributed by atoms with Crippen LogP contribution < -0.4 is 0 Å². The van der Waals surface area contributed by atoms with Gasteiger partial charge in [-0.1, -0.05) is 6.07 Å². The van der Waals surface area contributed by atoms with Gasteiger partial charge in [-0.25, -0.2) is 4.98 Å². The first-order valence-corrected chi connectivity index (χ1v) is 8.85. The highest BCUT2D eigenvalue weighted by molar-refractivity contribution is 6.17. The number of rotatable bonds is 3. The fraction of sp³-hybridized carbons (Fsp3) is 0.611. The molecule has 21 heavy (non-hydrogen) atoms. The minimum absolute atomic E-state index is 0.664. The number of aryl methyl sites for hydroxylation is 2. The van der Waals surface area contributed by atoms with Gasteiger partial charge in [0.05, 0.1) is 11.0 Å². The van der Waals surface area contributed by atoms with E-state index in [9.17, 15) is 0 Å². The third kappa shape index (κ3) is 1.63. The molecule has 3 saturated carbocycles. The van der Waals surface area contributed by atoms with Gasteiger partial charge >= 0.3 is 0 Å². The summed E-state index contributed by atoms with van der Waals surface area (Å²) in [6.45, 7) is 2.18. The Bertz CT molecular complexity index is 703. The number of alkyl halides is 1. The van der Waals surface area contributed by atoms with Crippen LogP contribution in [-0.2, 0) is 6.42 Å². The van der Waals surface area contributed by atoms with Gasteiger partial charge < -0.3 is 4.57 Å². The van der Waals surface area contributed by atoms with Gasteiger partial charge in [0, 0.05) is 18.3 Å². The molecule has 2 aromatic rings. The van der Waals surface area contributed by atoms with Gasteiger partial charge in [-0.3, -0.25) is 0 Å². The fourth-order valence-corrected chi connectivity index (χ4v) is 5.64. The van der Waals surface area contributed by atoms with Crippen molar-refractivity contribution in [1.82, 2.24) is 9.55 Å². The van der Waals surface area contributed by atoms with Crippen LogP contribution in [0.5, 0.6) is 0 Å². The summed E-state index contributed by atoms with van der Waals surface area (Å²) >= 11 is 6.03. The summed E-state index contributed by atoms with van der Waals surface area (Å²) < 4.78 is 2.57. The Morgan fingerprint density at radius 2 is 2.00 bits per heavy atom. The Labute approximate surface area is 130 Å². The topological polar surface area (TPSA) is 17.8 Å². The molecule has 3 heteroatoms. The molecular weight excluding hydrogens is 280 g/mol. The predicted molar refractivity (Wildman–Crippen MR) is 85.7 cm³/mol. The molecule has 3 aliphatic carbocycles. The molecule has 0 N–H and O–H groups in total. The quantitative estimate of drug-likeness (QED) is 0.771. The first-order chi connectivity index (χ1) is 10.3. The van der Waals surface area contributed by atoms with Gasteiger partial charge in [0.25, 0.3) is 0 Å². The van der Waals surface area contributed by atoms with Crippen LogP contribution in [0, 0.1) is 30.6 Å². The van der Waals surface area contributed by atoms with E-state index in [1.165, 1.54) is 36.2 Å². The van der Waals surface area contributed by atoms with Crippen LogP contribution in [0.4, 0.5) is 0 Å². The lowest BCUT2D eigenvalue weighted by molar-refractivity contribution is 0.452. The van der Waals surface area contributed by atoms with Crippen molar-refractivity contribution >= 4 is 22.6 Å². The summed E-state index contributed by atoms with van der Waals surface area (Å²) in [5.74, 6) is 5.75. The molecule has 2 nitrogen and oxygen atoms in total. The van der Waals surface area contributed by atoms with E-state index in [1.807, 2.05) is 0 Å². The normalized spacial score (nSPS) is 36.4. The van der Waals surface area contributed by atoms with E-state index >= 15 is 0 Å². The third-order valence-electron chi connectivity index (χ3n) is 6.23. The zero-order valence-electron chi connectivity index (χ0n) is 12.4. The number of halogens is 1. The second kappa shape index (κ2) is 4.25. The van der Waals surface area contributed by atoms with Crippen LogP contribution in [0.2, 0.25) is 0 Å². The van der Waals surface area contributed by atoms with Crippen LogP contribution >= 0.6 is 11.6 Å². The number of imidazole rings is 1. The van der Waals surface area contributed by atoms with Gasteiger partial charge in [-0.05, 0) is 67.6 Å². The van der Waals surface area contributed by atoms with Gasteiger partial charge in [0.2, 0.25) is 0 Å². The van der Waals surface area contributed by atoms with Crippen LogP contribution in [0.1, 0.15) is 36.7 Å².